The van der Waals surface area contributed by atoms with Gasteiger partial charge in [-0.2, -0.15) is 0 Å². The minimum Gasteiger partial charge on any atom is -0.322 e. The van der Waals surface area contributed by atoms with E-state index in [0.29, 0.717) is 21.2 Å². The van der Waals surface area contributed by atoms with E-state index in [1.165, 1.54) is 16.9 Å². The zero-order valence-corrected chi connectivity index (χ0v) is 13.7. The van der Waals surface area contributed by atoms with Crippen LogP contribution in [-0.2, 0) is 6.42 Å². The second-order valence-electron chi connectivity index (χ2n) is 4.89. The molecule has 0 aromatic heterocycles. The Balaban J connectivity index is 1.80. The molecule has 0 radical (unpaired) electrons. The number of thiol groups is 1. The van der Waals surface area contributed by atoms with Crippen LogP contribution >= 0.6 is 36.0 Å². The summed E-state index contributed by atoms with van der Waals surface area (Å²) in [5.41, 5.74) is 2.62. The number of carbonyl (C=O) groups excluding carboxylic acids is 1. The predicted octanol–water partition coefficient (Wildman–Crippen LogP) is 4.92. The van der Waals surface area contributed by atoms with Crippen LogP contribution in [0.25, 0.3) is 0 Å². The highest BCUT2D eigenvalue weighted by atomic mass is 35.5. The molecule has 0 saturated carbocycles. The van der Waals surface area contributed by atoms with Gasteiger partial charge in [0.15, 0.2) is 0 Å². The first-order valence-corrected chi connectivity index (χ1v) is 8.50. The maximum atomic E-state index is 12.3. The van der Waals surface area contributed by atoms with E-state index in [2.05, 4.69) is 17.9 Å². The van der Waals surface area contributed by atoms with Crippen LogP contribution in [0, 0.1) is 0 Å². The molecule has 0 saturated heterocycles. The number of anilines is 1. The van der Waals surface area contributed by atoms with Crippen molar-refractivity contribution in [3.05, 3.63) is 52.5 Å². The molecular formula is C16H14ClNOS2. The third-order valence-electron chi connectivity index (χ3n) is 3.38. The summed E-state index contributed by atoms with van der Waals surface area (Å²) in [6.45, 7) is 0. The quantitative estimate of drug-likeness (QED) is 0.763. The summed E-state index contributed by atoms with van der Waals surface area (Å²) < 4.78 is 0. The van der Waals surface area contributed by atoms with Crippen molar-refractivity contribution in [2.45, 2.75) is 22.6 Å². The number of benzene rings is 2. The summed E-state index contributed by atoms with van der Waals surface area (Å²) in [7, 11) is 0. The molecule has 0 aliphatic carbocycles. The van der Waals surface area contributed by atoms with Crippen LogP contribution in [0.4, 0.5) is 5.69 Å². The Hall–Kier alpha value is -1.10. The molecule has 0 spiro atoms. The molecule has 0 fully saturated rings. The third kappa shape index (κ3) is 3.39. The van der Waals surface area contributed by atoms with Crippen molar-refractivity contribution in [2.75, 3.05) is 11.1 Å². The van der Waals surface area contributed by atoms with Gasteiger partial charge < -0.3 is 5.32 Å². The fourth-order valence-electron chi connectivity index (χ4n) is 2.29. The van der Waals surface area contributed by atoms with Gasteiger partial charge in [0.1, 0.15) is 0 Å². The van der Waals surface area contributed by atoms with Gasteiger partial charge in [0.2, 0.25) is 0 Å². The Bertz CT molecular complexity index is 703. The zero-order valence-electron chi connectivity index (χ0n) is 11.2. The fourth-order valence-corrected chi connectivity index (χ4v) is 3.63. The lowest BCUT2D eigenvalue weighted by Gasteiger charge is -2.16. The van der Waals surface area contributed by atoms with Crippen molar-refractivity contribution < 1.29 is 4.79 Å². The number of nitrogens with one attached hydrogen (secondary N) is 1. The number of halogens is 1. The van der Waals surface area contributed by atoms with Gasteiger partial charge in [0.05, 0.1) is 5.02 Å². The lowest BCUT2D eigenvalue weighted by molar-refractivity contribution is 0.102. The molecule has 108 valence electrons. The molecule has 0 unspecified atom stereocenters. The smallest absolute Gasteiger partial charge is 0.255 e. The molecule has 2 nitrogen and oxygen atoms in total. The normalized spacial score (nSPS) is 13.6. The Morgan fingerprint density at radius 1 is 1.24 bits per heavy atom. The van der Waals surface area contributed by atoms with Crippen LogP contribution < -0.4 is 5.32 Å². The van der Waals surface area contributed by atoms with Crippen LogP contribution in [0.1, 0.15) is 22.3 Å². The molecule has 2 aromatic rings. The van der Waals surface area contributed by atoms with Crippen LogP contribution in [-0.4, -0.2) is 11.7 Å². The van der Waals surface area contributed by atoms with Gasteiger partial charge in [-0.25, -0.2) is 0 Å². The lowest BCUT2D eigenvalue weighted by Crippen LogP contribution is -2.13. The monoisotopic (exact) mass is 335 g/mol. The average molecular weight is 336 g/mol. The number of hydrogen-bond donors (Lipinski definition) is 2. The number of thioether (sulfide) groups is 1. The van der Waals surface area contributed by atoms with Gasteiger partial charge in [-0.1, -0.05) is 11.6 Å². The van der Waals surface area contributed by atoms with Crippen molar-refractivity contribution in [3.63, 3.8) is 0 Å². The first-order valence-electron chi connectivity index (χ1n) is 6.69. The average Bonchev–Trinajstić information content (AvgIpc) is 2.50. The predicted molar refractivity (Wildman–Crippen MR) is 92.1 cm³/mol. The molecule has 1 aliphatic rings. The summed E-state index contributed by atoms with van der Waals surface area (Å²) in [6, 6.07) is 11.2. The molecule has 2 aromatic carbocycles. The van der Waals surface area contributed by atoms with E-state index in [4.69, 9.17) is 11.6 Å². The second kappa shape index (κ2) is 6.34. The van der Waals surface area contributed by atoms with Crippen LogP contribution in [0.3, 0.4) is 0 Å². The Kier molecular flexibility index (Phi) is 4.48. The van der Waals surface area contributed by atoms with E-state index in [0.717, 1.165) is 12.2 Å². The molecule has 5 heteroatoms. The maximum absolute atomic E-state index is 12.3. The first kappa shape index (κ1) is 14.8. The standard InChI is InChI=1S/C16H14ClNOS2/c17-13-9-12(4-5-14(13)20)18-16(19)11-3-6-15-10(8-11)2-1-7-21-15/h3-6,8-9,20H,1-2,7H2,(H,18,19). The molecule has 1 heterocycles. The number of carbonyl (C=O) groups is 1. The van der Waals surface area contributed by atoms with E-state index in [-0.39, 0.29) is 5.91 Å². The number of amides is 1. The van der Waals surface area contributed by atoms with Gasteiger partial charge in [0, 0.05) is 21.0 Å². The van der Waals surface area contributed by atoms with Gasteiger partial charge >= 0.3 is 0 Å². The highest BCUT2D eigenvalue weighted by Gasteiger charge is 2.13. The van der Waals surface area contributed by atoms with Crippen molar-refractivity contribution in [3.8, 4) is 0 Å². The zero-order chi connectivity index (χ0) is 14.8. The molecule has 0 bridgehead atoms. The van der Waals surface area contributed by atoms with E-state index >= 15 is 0 Å². The van der Waals surface area contributed by atoms with E-state index in [1.807, 2.05) is 30.0 Å². The highest BCUT2D eigenvalue weighted by Crippen LogP contribution is 2.31. The van der Waals surface area contributed by atoms with Gasteiger partial charge in [-0.05, 0) is 60.6 Å². The number of rotatable bonds is 2. The van der Waals surface area contributed by atoms with E-state index in [1.54, 1.807) is 18.2 Å². The van der Waals surface area contributed by atoms with Crippen molar-refractivity contribution in [1.82, 2.24) is 0 Å². The topological polar surface area (TPSA) is 29.1 Å². The Labute approximate surface area is 138 Å². The summed E-state index contributed by atoms with van der Waals surface area (Å²) >= 11 is 12.1. The molecule has 21 heavy (non-hydrogen) atoms. The minimum atomic E-state index is -0.114. The number of hydrogen-bond acceptors (Lipinski definition) is 3. The van der Waals surface area contributed by atoms with Crippen LogP contribution in [0.5, 0.6) is 0 Å². The van der Waals surface area contributed by atoms with Gasteiger partial charge in [0.25, 0.3) is 5.91 Å². The lowest BCUT2D eigenvalue weighted by atomic mass is 10.1. The van der Waals surface area contributed by atoms with Crippen LogP contribution in [0.15, 0.2) is 46.2 Å². The van der Waals surface area contributed by atoms with Crippen molar-refractivity contribution in [2.24, 2.45) is 0 Å². The molecule has 1 amide bonds. The molecule has 3 rings (SSSR count). The van der Waals surface area contributed by atoms with Gasteiger partial charge in [-0.15, -0.1) is 24.4 Å². The molecular weight excluding hydrogens is 322 g/mol. The Morgan fingerprint density at radius 2 is 2.10 bits per heavy atom. The minimum absolute atomic E-state index is 0.114. The second-order valence-corrected chi connectivity index (χ2v) is 6.92. The van der Waals surface area contributed by atoms with E-state index < -0.39 is 0 Å². The van der Waals surface area contributed by atoms with Gasteiger partial charge in [-0.3, -0.25) is 4.79 Å². The van der Waals surface area contributed by atoms with Crippen molar-refractivity contribution in [1.29, 1.82) is 0 Å². The first-order chi connectivity index (χ1) is 10.1. The maximum Gasteiger partial charge on any atom is 0.255 e. The third-order valence-corrected chi connectivity index (χ3v) is 5.41. The number of aryl methyl sites for hydroxylation is 1. The highest BCUT2D eigenvalue weighted by molar-refractivity contribution is 7.99. The number of fused-ring (bicyclic) bond motifs is 1. The largest absolute Gasteiger partial charge is 0.322 e. The SMILES string of the molecule is O=C(Nc1ccc(S)c(Cl)c1)c1ccc2c(c1)CCCS2. The summed E-state index contributed by atoms with van der Waals surface area (Å²) in [6.07, 6.45) is 2.21. The summed E-state index contributed by atoms with van der Waals surface area (Å²) in [5, 5.41) is 3.39. The van der Waals surface area contributed by atoms with E-state index in [9.17, 15) is 4.79 Å². The fraction of sp³-hybridized carbons (Fsp3) is 0.188. The summed E-state index contributed by atoms with van der Waals surface area (Å²) in [5.74, 6) is 1.05. The molecule has 0 atom stereocenters. The molecule has 1 N–H and O–H groups in total. The summed E-state index contributed by atoms with van der Waals surface area (Å²) in [4.78, 5) is 14.3. The Morgan fingerprint density at radius 3 is 2.90 bits per heavy atom. The van der Waals surface area contributed by atoms with Crippen LogP contribution in [0.2, 0.25) is 5.02 Å². The molecule has 1 aliphatic heterocycles. The van der Waals surface area contributed by atoms with Crippen molar-refractivity contribution >= 4 is 47.6 Å².